The summed E-state index contributed by atoms with van der Waals surface area (Å²) in [6.45, 7) is 1.37. The molecule has 6 heteroatoms. The average Bonchev–Trinajstić information content (AvgIpc) is 3.10. The van der Waals surface area contributed by atoms with Gasteiger partial charge in [0.25, 0.3) is 0 Å². The second-order valence-electron chi connectivity index (χ2n) is 6.21. The Morgan fingerprint density at radius 3 is 2.54 bits per heavy atom. The van der Waals surface area contributed by atoms with E-state index in [2.05, 4.69) is 16.0 Å². The molecular formula is C20H17Cl2N3O. The largest absolute Gasteiger partial charge is 0.348 e. The highest BCUT2D eigenvalue weighted by molar-refractivity contribution is 6.31. The molecule has 132 valence electrons. The Bertz CT molecular complexity index is 936. The van der Waals surface area contributed by atoms with E-state index in [-0.39, 0.29) is 12.1 Å². The number of nitrogens with one attached hydrogen (secondary N) is 1. The van der Waals surface area contributed by atoms with Gasteiger partial charge in [-0.3, -0.25) is 0 Å². The second kappa shape index (κ2) is 7.06. The molecule has 0 fully saturated rings. The topological polar surface area (TPSA) is 37.3 Å². The zero-order valence-corrected chi connectivity index (χ0v) is 15.4. The molecule has 0 saturated heterocycles. The van der Waals surface area contributed by atoms with Crippen LogP contribution in [0.2, 0.25) is 10.0 Å². The number of hydrogen-bond acceptors (Lipinski definition) is 1. The van der Waals surface area contributed by atoms with Crippen molar-refractivity contribution in [2.24, 2.45) is 0 Å². The Hall–Kier alpha value is -2.43. The van der Waals surface area contributed by atoms with E-state index in [1.165, 1.54) is 0 Å². The third-order valence-corrected chi connectivity index (χ3v) is 5.05. The predicted molar refractivity (Wildman–Crippen MR) is 105 cm³/mol. The van der Waals surface area contributed by atoms with Crippen LogP contribution < -0.4 is 5.32 Å². The van der Waals surface area contributed by atoms with Gasteiger partial charge in [-0.05, 0) is 48.0 Å². The van der Waals surface area contributed by atoms with Gasteiger partial charge in [0, 0.05) is 40.7 Å². The minimum absolute atomic E-state index is 0.153. The van der Waals surface area contributed by atoms with Crippen LogP contribution in [-0.4, -0.2) is 22.0 Å². The predicted octanol–water partition coefficient (Wildman–Crippen LogP) is 5.43. The minimum Gasteiger partial charge on any atom is -0.348 e. The summed E-state index contributed by atoms with van der Waals surface area (Å²) in [5.74, 6) is 0. The number of carbonyl (C=O) groups excluding carboxylic acids is 1. The van der Waals surface area contributed by atoms with Crippen molar-refractivity contribution in [1.82, 2.24) is 9.47 Å². The molecule has 4 nitrogen and oxygen atoms in total. The Morgan fingerprint density at radius 2 is 1.77 bits per heavy atom. The number of urea groups is 1. The summed E-state index contributed by atoms with van der Waals surface area (Å²) in [5.41, 5.74) is 2.79. The lowest BCUT2D eigenvalue weighted by Crippen LogP contribution is -2.44. The number of fused-ring (bicyclic) bond motifs is 1. The smallest absolute Gasteiger partial charge is 0.322 e. The van der Waals surface area contributed by atoms with Gasteiger partial charge in [-0.1, -0.05) is 41.4 Å². The zero-order valence-electron chi connectivity index (χ0n) is 13.9. The van der Waals surface area contributed by atoms with Crippen LogP contribution in [0.1, 0.15) is 17.3 Å². The van der Waals surface area contributed by atoms with Gasteiger partial charge in [0.2, 0.25) is 0 Å². The summed E-state index contributed by atoms with van der Waals surface area (Å²) < 4.78 is 2.18. The molecule has 1 atom stereocenters. The first-order valence-electron chi connectivity index (χ1n) is 8.35. The molecule has 2 aromatic carbocycles. The molecule has 1 aromatic heterocycles. The first kappa shape index (κ1) is 17.0. The summed E-state index contributed by atoms with van der Waals surface area (Å²) in [4.78, 5) is 14.8. The number of hydrogen-bond donors (Lipinski definition) is 1. The summed E-state index contributed by atoms with van der Waals surface area (Å²) in [5, 5.41) is 4.22. The van der Waals surface area contributed by atoms with Crippen LogP contribution in [0.4, 0.5) is 10.5 Å². The molecule has 0 spiro atoms. The molecule has 0 radical (unpaired) electrons. The Labute approximate surface area is 161 Å². The van der Waals surface area contributed by atoms with E-state index >= 15 is 0 Å². The van der Waals surface area contributed by atoms with E-state index in [4.69, 9.17) is 23.2 Å². The molecule has 1 N–H and O–H groups in total. The maximum absolute atomic E-state index is 13.0. The van der Waals surface area contributed by atoms with Crippen molar-refractivity contribution in [3.05, 3.63) is 88.2 Å². The Kier molecular flexibility index (Phi) is 4.62. The molecule has 0 aliphatic carbocycles. The standard InChI is InChI=1S/C20H17Cl2N3O/c21-15-8-6-14(7-9-15)19-18-5-2-10-24(18)11-12-25(19)20(26)23-17-4-1-3-16(22)13-17/h1-10,13,19H,11-12H2,(H,23,26)/t19-/m1/s1. The molecule has 26 heavy (non-hydrogen) atoms. The van der Waals surface area contributed by atoms with E-state index < -0.39 is 0 Å². The van der Waals surface area contributed by atoms with E-state index in [0.29, 0.717) is 22.3 Å². The van der Waals surface area contributed by atoms with Crippen molar-refractivity contribution in [3.8, 4) is 0 Å². The van der Waals surface area contributed by atoms with Gasteiger partial charge in [0.05, 0.1) is 6.04 Å². The second-order valence-corrected chi connectivity index (χ2v) is 7.09. The van der Waals surface area contributed by atoms with Gasteiger partial charge in [-0.2, -0.15) is 0 Å². The minimum atomic E-state index is -0.171. The maximum atomic E-state index is 13.0. The zero-order chi connectivity index (χ0) is 18.1. The van der Waals surface area contributed by atoms with Crippen LogP contribution in [0.5, 0.6) is 0 Å². The highest BCUT2D eigenvalue weighted by atomic mass is 35.5. The van der Waals surface area contributed by atoms with E-state index in [9.17, 15) is 4.79 Å². The Balaban J connectivity index is 1.67. The fraction of sp³-hybridized carbons (Fsp3) is 0.150. The van der Waals surface area contributed by atoms with Crippen LogP contribution >= 0.6 is 23.2 Å². The van der Waals surface area contributed by atoms with Crippen molar-refractivity contribution in [3.63, 3.8) is 0 Å². The molecule has 0 unspecified atom stereocenters. The SMILES string of the molecule is O=C(Nc1cccc(Cl)c1)N1CCn2cccc2[C@H]1c1ccc(Cl)cc1. The number of aromatic nitrogens is 1. The van der Waals surface area contributed by atoms with Crippen molar-refractivity contribution in [1.29, 1.82) is 0 Å². The van der Waals surface area contributed by atoms with Gasteiger partial charge in [0.15, 0.2) is 0 Å². The number of halogens is 2. The number of amides is 2. The van der Waals surface area contributed by atoms with Gasteiger partial charge in [0.1, 0.15) is 0 Å². The summed E-state index contributed by atoms with van der Waals surface area (Å²) in [7, 11) is 0. The molecule has 2 heterocycles. The van der Waals surface area contributed by atoms with Crippen LogP contribution in [0, 0.1) is 0 Å². The van der Waals surface area contributed by atoms with Crippen molar-refractivity contribution in [2.45, 2.75) is 12.6 Å². The molecule has 2 amide bonds. The number of anilines is 1. The van der Waals surface area contributed by atoms with Crippen LogP contribution in [-0.2, 0) is 6.54 Å². The average molecular weight is 386 g/mol. The number of benzene rings is 2. The third kappa shape index (κ3) is 3.30. The molecular weight excluding hydrogens is 369 g/mol. The Morgan fingerprint density at radius 1 is 0.962 bits per heavy atom. The van der Waals surface area contributed by atoms with E-state index in [0.717, 1.165) is 17.8 Å². The highest BCUT2D eigenvalue weighted by Gasteiger charge is 2.32. The maximum Gasteiger partial charge on any atom is 0.322 e. The summed E-state index contributed by atoms with van der Waals surface area (Å²) in [6.07, 6.45) is 2.05. The fourth-order valence-electron chi connectivity index (χ4n) is 3.36. The van der Waals surface area contributed by atoms with Gasteiger partial charge >= 0.3 is 6.03 Å². The number of rotatable bonds is 2. The van der Waals surface area contributed by atoms with Crippen LogP contribution in [0.3, 0.4) is 0 Å². The first-order chi connectivity index (χ1) is 12.6. The van der Waals surface area contributed by atoms with Gasteiger partial charge in [-0.25, -0.2) is 4.79 Å². The van der Waals surface area contributed by atoms with Crippen molar-refractivity contribution < 1.29 is 4.79 Å². The first-order valence-corrected chi connectivity index (χ1v) is 9.11. The molecule has 0 saturated carbocycles. The lowest BCUT2D eigenvalue weighted by atomic mass is 10.0. The lowest BCUT2D eigenvalue weighted by Gasteiger charge is -2.37. The summed E-state index contributed by atoms with van der Waals surface area (Å²) >= 11 is 12.1. The normalized spacial score (nSPS) is 16.2. The molecule has 4 rings (SSSR count). The van der Waals surface area contributed by atoms with Crippen molar-refractivity contribution in [2.75, 3.05) is 11.9 Å². The highest BCUT2D eigenvalue weighted by Crippen LogP contribution is 2.33. The van der Waals surface area contributed by atoms with Gasteiger partial charge in [-0.15, -0.1) is 0 Å². The van der Waals surface area contributed by atoms with E-state index in [1.54, 1.807) is 12.1 Å². The number of carbonyl (C=O) groups is 1. The van der Waals surface area contributed by atoms with Crippen LogP contribution in [0.25, 0.3) is 0 Å². The lowest BCUT2D eigenvalue weighted by molar-refractivity contribution is 0.182. The molecule has 1 aliphatic heterocycles. The monoisotopic (exact) mass is 385 g/mol. The fourth-order valence-corrected chi connectivity index (χ4v) is 3.68. The van der Waals surface area contributed by atoms with Gasteiger partial charge < -0.3 is 14.8 Å². The van der Waals surface area contributed by atoms with Crippen molar-refractivity contribution >= 4 is 34.9 Å². The quantitative estimate of drug-likeness (QED) is 0.626. The molecule has 0 bridgehead atoms. The molecule has 1 aliphatic rings. The number of nitrogens with zero attached hydrogens (tertiary/aromatic N) is 2. The summed E-state index contributed by atoms with van der Waals surface area (Å²) in [6, 6.07) is 18.5. The van der Waals surface area contributed by atoms with E-state index in [1.807, 2.05) is 53.6 Å². The third-order valence-electron chi connectivity index (χ3n) is 4.56. The molecule has 3 aromatic rings. The van der Waals surface area contributed by atoms with Crippen LogP contribution in [0.15, 0.2) is 66.9 Å².